The summed E-state index contributed by atoms with van der Waals surface area (Å²) in [6.07, 6.45) is 4.66. The third-order valence-electron chi connectivity index (χ3n) is 5.89. The molecule has 2 aromatic rings. The largest absolute Gasteiger partial charge is 0.458 e. The summed E-state index contributed by atoms with van der Waals surface area (Å²) in [5.41, 5.74) is 3.62. The highest BCUT2D eigenvalue weighted by atomic mass is 79.9. The van der Waals surface area contributed by atoms with Crippen LogP contribution in [-0.4, -0.2) is 29.8 Å². The van der Waals surface area contributed by atoms with Gasteiger partial charge in [-0.05, 0) is 75.6 Å². The number of hydrogen-bond donors (Lipinski definition) is 2. The number of hydrogen-bond acceptors (Lipinski definition) is 4. The lowest BCUT2D eigenvalue weighted by Gasteiger charge is -2.30. The van der Waals surface area contributed by atoms with E-state index in [2.05, 4.69) is 59.2 Å². The van der Waals surface area contributed by atoms with Crippen LogP contribution in [0.5, 0.6) is 0 Å². The fraction of sp³-hybridized carbons (Fsp3) is 0.524. The Morgan fingerprint density at radius 2 is 2.19 bits per heavy atom. The predicted molar refractivity (Wildman–Crippen MR) is 110 cm³/mol. The summed E-state index contributed by atoms with van der Waals surface area (Å²) < 4.78 is 7.31. The highest BCUT2D eigenvalue weighted by Crippen LogP contribution is 2.56. The highest BCUT2D eigenvalue weighted by molar-refractivity contribution is 9.10. The highest BCUT2D eigenvalue weighted by Gasteiger charge is 2.54. The molecular formula is C21H27BrN2O2. The van der Waals surface area contributed by atoms with Crippen molar-refractivity contribution in [2.45, 2.75) is 57.7 Å². The first-order valence-electron chi connectivity index (χ1n) is 9.23. The number of benzene rings is 1. The summed E-state index contributed by atoms with van der Waals surface area (Å²) in [4.78, 5) is 2.40. The fourth-order valence-electron chi connectivity index (χ4n) is 4.48. The van der Waals surface area contributed by atoms with E-state index in [1.807, 2.05) is 6.07 Å². The quantitative estimate of drug-likeness (QED) is 0.680. The van der Waals surface area contributed by atoms with Crippen molar-refractivity contribution in [1.29, 1.82) is 0 Å². The molecule has 0 unspecified atom stereocenters. The van der Waals surface area contributed by atoms with Gasteiger partial charge in [0.05, 0.1) is 11.9 Å². The standard InChI is InChI=1S/C21H27BrN2O2/c1-12(2)6-7-21-8-9-24(5)19(21)23-17-14(22)10-13-11-15(20(3,4)25)26-18(13)16(17)21/h6,10-11,19,23,25H,7-9H2,1-5H3/t19-,21-/m0/s1. The predicted octanol–water partition coefficient (Wildman–Crippen LogP) is 5.10. The van der Waals surface area contributed by atoms with Gasteiger partial charge < -0.3 is 14.8 Å². The molecule has 4 nitrogen and oxygen atoms in total. The summed E-state index contributed by atoms with van der Waals surface area (Å²) in [6.45, 7) is 8.90. The van der Waals surface area contributed by atoms with E-state index >= 15 is 0 Å². The summed E-state index contributed by atoms with van der Waals surface area (Å²) in [5.74, 6) is 0.611. The lowest BCUT2D eigenvalue weighted by atomic mass is 9.75. The SMILES string of the molecule is CC(C)=CC[C@@]12CCN(C)[C@@H]1Nc1c(Br)cc3cc(C(C)(C)O)oc3c12. The Labute approximate surface area is 163 Å². The number of likely N-dealkylation sites (N-methyl/N-ethyl adjacent to an activating group) is 1. The number of fused-ring (bicyclic) bond motifs is 5. The van der Waals surface area contributed by atoms with Crippen molar-refractivity contribution in [2.75, 3.05) is 18.9 Å². The molecule has 0 aliphatic carbocycles. The number of nitrogens with one attached hydrogen (secondary N) is 1. The number of anilines is 1. The van der Waals surface area contributed by atoms with Crippen LogP contribution >= 0.6 is 15.9 Å². The van der Waals surface area contributed by atoms with E-state index in [1.165, 1.54) is 11.1 Å². The van der Waals surface area contributed by atoms with Crippen LogP contribution in [0.4, 0.5) is 5.69 Å². The maximum Gasteiger partial charge on any atom is 0.140 e. The topological polar surface area (TPSA) is 48.6 Å². The Balaban J connectivity index is 1.99. The van der Waals surface area contributed by atoms with Gasteiger partial charge in [0.15, 0.2) is 0 Å². The van der Waals surface area contributed by atoms with Crippen LogP contribution in [0.3, 0.4) is 0 Å². The van der Waals surface area contributed by atoms with Crippen molar-refractivity contribution >= 4 is 32.6 Å². The number of aliphatic hydroxyl groups is 1. The van der Waals surface area contributed by atoms with Gasteiger partial charge in [0.2, 0.25) is 0 Å². The number of allylic oxidation sites excluding steroid dienone is 2. The minimum atomic E-state index is -0.997. The average molecular weight is 419 g/mol. The molecule has 2 N–H and O–H groups in total. The van der Waals surface area contributed by atoms with Crippen LogP contribution in [0.15, 0.2) is 32.7 Å². The summed E-state index contributed by atoms with van der Waals surface area (Å²) in [7, 11) is 2.18. The van der Waals surface area contributed by atoms with E-state index in [-0.39, 0.29) is 11.6 Å². The molecular weight excluding hydrogens is 392 g/mol. The Morgan fingerprint density at radius 3 is 2.85 bits per heavy atom. The molecule has 0 radical (unpaired) electrons. The first kappa shape index (κ1) is 18.1. The van der Waals surface area contributed by atoms with Crippen LogP contribution < -0.4 is 5.32 Å². The molecule has 2 aliphatic heterocycles. The van der Waals surface area contributed by atoms with E-state index in [9.17, 15) is 5.11 Å². The lowest BCUT2D eigenvalue weighted by molar-refractivity contribution is 0.0558. The van der Waals surface area contributed by atoms with E-state index < -0.39 is 5.60 Å². The van der Waals surface area contributed by atoms with Crippen molar-refractivity contribution in [3.05, 3.63) is 39.6 Å². The molecule has 0 bridgehead atoms. The van der Waals surface area contributed by atoms with Gasteiger partial charge in [-0.3, -0.25) is 4.90 Å². The molecule has 0 spiro atoms. The van der Waals surface area contributed by atoms with E-state index in [1.54, 1.807) is 13.8 Å². The molecule has 1 aromatic heterocycles. The number of rotatable bonds is 3. The van der Waals surface area contributed by atoms with Crippen molar-refractivity contribution in [1.82, 2.24) is 4.90 Å². The van der Waals surface area contributed by atoms with Gasteiger partial charge in [0, 0.05) is 27.4 Å². The molecule has 0 amide bonds. The van der Waals surface area contributed by atoms with Gasteiger partial charge in [-0.1, -0.05) is 11.6 Å². The molecule has 1 saturated heterocycles. The van der Waals surface area contributed by atoms with Gasteiger partial charge in [-0.2, -0.15) is 0 Å². The second-order valence-electron chi connectivity index (χ2n) is 8.62. The van der Waals surface area contributed by atoms with E-state index in [0.717, 1.165) is 40.5 Å². The second kappa shape index (κ2) is 5.85. The Bertz CT molecular complexity index is 905. The van der Waals surface area contributed by atoms with Crippen LogP contribution in [0, 0.1) is 0 Å². The molecule has 26 heavy (non-hydrogen) atoms. The van der Waals surface area contributed by atoms with Crippen molar-refractivity contribution in [2.24, 2.45) is 0 Å². The van der Waals surface area contributed by atoms with Crippen molar-refractivity contribution < 1.29 is 9.52 Å². The molecule has 2 aliphatic rings. The number of nitrogens with zero attached hydrogens (tertiary/aromatic N) is 1. The van der Waals surface area contributed by atoms with Gasteiger partial charge >= 0.3 is 0 Å². The van der Waals surface area contributed by atoms with E-state index in [0.29, 0.717) is 5.76 Å². The maximum atomic E-state index is 10.4. The van der Waals surface area contributed by atoms with Gasteiger partial charge in [-0.25, -0.2) is 0 Å². The molecule has 1 aromatic carbocycles. The van der Waals surface area contributed by atoms with Gasteiger partial charge in [-0.15, -0.1) is 0 Å². The van der Waals surface area contributed by atoms with Crippen LogP contribution in [0.1, 0.15) is 51.9 Å². The zero-order chi connectivity index (χ0) is 18.9. The number of likely N-dealkylation sites (tertiary alicyclic amines) is 1. The molecule has 3 heterocycles. The summed E-state index contributed by atoms with van der Waals surface area (Å²) in [6, 6.07) is 4.07. The summed E-state index contributed by atoms with van der Waals surface area (Å²) in [5, 5.41) is 15.2. The lowest BCUT2D eigenvalue weighted by Crippen LogP contribution is -2.41. The second-order valence-corrected chi connectivity index (χ2v) is 9.47. The number of furan rings is 1. The zero-order valence-corrected chi connectivity index (χ0v) is 17.7. The number of halogens is 1. The molecule has 2 atom stereocenters. The molecule has 0 saturated carbocycles. The summed E-state index contributed by atoms with van der Waals surface area (Å²) >= 11 is 3.76. The normalized spacial score (nSPS) is 25.3. The maximum absolute atomic E-state index is 10.4. The molecule has 1 fully saturated rings. The minimum absolute atomic E-state index is 0.0158. The first-order chi connectivity index (χ1) is 12.1. The third-order valence-corrected chi connectivity index (χ3v) is 6.52. The average Bonchev–Trinajstić information content (AvgIpc) is 3.17. The smallest absolute Gasteiger partial charge is 0.140 e. The monoisotopic (exact) mass is 418 g/mol. The van der Waals surface area contributed by atoms with E-state index in [4.69, 9.17) is 4.42 Å². The first-order valence-corrected chi connectivity index (χ1v) is 10.0. The molecule has 140 valence electrons. The van der Waals surface area contributed by atoms with Gasteiger partial charge in [0.1, 0.15) is 16.9 Å². The molecule has 5 heteroatoms. The van der Waals surface area contributed by atoms with Crippen LogP contribution in [0.25, 0.3) is 11.0 Å². The van der Waals surface area contributed by atoms with Crippen LogP contribution in [0.2, 0.25) is 0 Å². The molecule has 4 rings (SSSR count). The van der Waals surface area contributed by atoms with Gasteiger partial charge in [0.25, 0.3) is 0 Å². The minimum Gasteiger partial charge on any atom is -0.458 e. The fourth-order valence-corrected chi connectivity index (χ4v) is 5.04. The zero-order valence-electron chi connectivity index (χ0n) is 16.1. The van der Waals surface area contributed by atoms with Crippen molar-refractivity contribution in [3.8, 4) is 0 Å². The van der Waals surface area contributed by atoms with Crippen molar-refractivity contribution in [3.63, 3.8) is 0 Å². The Morgan fingerprint density at radius 1 is 1.46 bits per heavy atom. The third kappa shape index (κ3) is 2.55. The Kier molecular flexibility index (Phi) is 4.07. The van der Waals surface area contributed by atoms with Crippen LogP contribution in [-0.2, 0) is 11.0 Å². The Hall–Kier alpha value is -1.30.